The Labute approximate surface area is 92.6 Å². The molecule has 0 radical (unpaired) electrons. The Morgan fingerprint density at radius 1 is 1.79 bits per heavy atom. The SMILES string of the molecule is COc1nsc(CC(O)C(=O)O)c1Br. The van der Waals surface area contributed by atoms with E-state index in [0.29, 0.717) is 15.2 Å². The van der Waals surface area contributed by atoms with Crippen LogP contribution in [0.15, 0.2) is 4.47 Å². The van der Waals surface area contributed by atoms with Crippen LogP contribution in [0, 0.1) is 0 Å². The first-order valence-electron chi connectivity index (χ1n) is 3.65. The van der Waals surface area contributed by atoms with Gasteiger partial charge in [0.2, 0.25) is 5.88 Å². The minimum atomic E-state index is -1.41. The summed E-state index contributed by atoms with van der Waals surface area (Å²) in [6, 6.07) is 0. The van der Waals surface area contributed by atoms with Gasteiger partial charge in [0.15, 0.2) is 6.10 Å². The van der Waals surface area contributed by atoms with E-state index in [0.717, 1.165) is 11.5 Å². The minimum absolute atomic E-state index is 0.0247. The monoisotopic (exact) mass is 281 g/mol. The first-order chi connectivity index (χ1) is 6.56. The Hall–Kier alpha value is -0.660. The van der Waals surface area contributed by atoms with Gasteiger partial charge in [-0.15, -0.1) is 0 Å². The smallest absolute Gasteiger partial charge is 0.332 e. The molecule has 7 heteroatoms. The number of nitrogens with zero attached hydrogens (tertiary/aromatic N) is 1. The second-order valence-electron chi connectivity index (χ2n) is 2.49. The summed E-state index contributed by atoms with van der Waals surface area (Å²) in [5.41, 5.74) is 0. The molecule has 0 saturated heterocycles. The molecule has 0 aliphatic heterocycles. The van der Waals surface area contributed by atoms with Gasteiger partial charge in [-0.1, -0.05) is 0 Å². The van der Waals surface area contributed by atoms with Crippen LogP contribution in [0.3, 0.4) is 0 Å². The van der Waals surface area contributed by atoms with Gasteiger partial charge in [-0.25, -0.2) is 4.79 Å². The number of carboxylic acids is 1. The van der Waals surface area contributed by atoms with Crippen molar-refractivity contribution in [1.82, 2.24) is 4.37 Å². The van der Waals surface area contributed by atoms with Crippen molar-refractivity contribution in [3.05, 3.63) is 9.35 Å². The summed E-state index contributed by atoms with van der Waals surface area (Å²) in [6.07, 6.45) is -1.38. The van der Waals surface area contributed by atoms with Crippen LogP contribution in [-0.2, 0) is 11.2 Å². The molecular formula is C7H8BrNO4S. The molecule has 0 aromatic carbocycles. The Morgan fingerprint density at radius 2 is 2.43 bits per heavy atom. The van der Waals surface area contributed by atoms with Crippen molar-refractivity contribution in [2.45, 2.75) is 12.5 Å². The van der Waals surface area contributed by atoms with E-state index >= 15 is 0 Å². The number of rotatable bonds is 4. The topological polar surface area (TPSA) is 79.7 Å². The summed E-state index contributed by atoms with van der Waals surface area (Å²) in [4.78, 5) is 11.0. The minimum Gasteiger partial charge on any atom is -0.480 e. The van der Waals surface area contributed by atoms with Crippen molar-refractivity contribution in [2.75, 3.05) is 7.11 Å². The third-order valence-corrected chi connectivity index (χ3v) is 3.46. The molecule has 0 aliphatic rings. The lowest BCUT2D eigenvalue weighted by Crippen LogP contribution is -2.21. The highest BCUT2D eigenvalue weighted by Crippen LogP contribution is 2.31. The zero-order valence-corrected chi connectivity index (χ0v) is 9.63. The largest absolute Gasteiger partial charge is 0.480 e. The van der Waals surface area contributed by atoms with Crippen LogP contribution in [-0.4, -0.2) is 33.8 Å². The number of aliphatic hydroxyl groups excluding tert-OH is 1. The Kier molecular flexibility index (Phi) is 3.85. The van der Waals surface area contributed by atoms with Crippen LogP contribution in [0.1, 0.15) is 4.88 Å². The number of ether oxygens (including phenoxy) is 1. The summed E-state index contributed by atoms with van der Waals surface area (Å²) in [5.74, 6) is -0.841. The Morgan fingerprint density at radius 3 is 2.86 bits per heavy atom. The maximum atomic E-state index is 10.4. The van der Waals surface area contributed by atoms with Crippen molar-refractivity contribution in [2.24, 2.45) is 0 Å². The molecule has 2 N–H and O–H groups in total. The first kappa shape index (κ1) is 11.4. The van der Waals surface area contributed by atoms with E-state index in [-0.39, 0.29) is 6.42 Å². The highest BCUT2D eigenvalue weighted by molar-refractivity contribution is 9.10. The molecule has 0 bridgehead atoms. The molecule has 1 aromatic rings. The van der Waals surface area contributed by atoms with Gasteiger partial charge >= 0.3 is 5.97 Å². The van der Waals surface area contributed by atoms with Crippen molar-refractivity contribution in [3.63, 3.8) is 0 Å². The second-order valence-corrected chi connectivity index (χ2v) is 4.14. The number of carboxylic acid groups (broad SMARTS) is 1. The van der Waals surface area contributed by atoms with Crippen molar-refractivity contribution < 1.29 is 19.7 Å². The Bertz CT molecular complexity index is 340. The zero-order chi connectivity index (χ0) is 10.7. The Balaban J connectivity index is 2.77. The van der Waals surface area contributed by atoms with E-state index in [1.54, 1.807) is 0 Å². The number of aliphatic hydroxyl groups is 1. The van der Waals surface area contributed by atoms with Gasteiger partial charge in [0, 0.05) is 11.3 Å². The molecule has 14 heavy (non-hydrogen) atoms. The van der Waals surface area contributed by atoms with Crippen LogP contribution in [0.2, 0.25) is 0 Å². The highest BCUT2D eigenvalue weighted by Gasteiger charge is 2.19. The van der Waals surface area contributed by atoms with Gasteiger partial charge in [0.1, 0.15) is 0 Å². The molecule has 0 spiro atoms. The first-order valence-corrected chi connectivity index (χ1v) is 5.21. The van der Waals surface area contributed by atoms with Crippen molar-refractivity contribution >= 4 is 33.4 Å². The van der Waals surface area contributed by atoms with E-state index in [2.05, 4.69) is 20.3 Å². The number of halogens is 1. The third kappa shape index (κ3) is 2.43. The fourth-order valence-electron chi connectivity index (χ4n) is 0.813. The number of aliphatic carboxylic acids is 1. The maximum Gasteiger partial charge on any atom is 0.332 e. The number of hydrogen-bond acceptors (Lipinski definition) is 5. The highest BCUT2D eigenvalue weighted by atomic mass is 79.9. The molecule has 0 saturated carbocycles. The lowest BCUT2D eigenvalue weighted by molar-refractivity contribution is -0.146. The summed E-state index contributed by atoms with van der Waals surface area (Å²) < 4.78 is 9.41. The molecule has 0 amide bonds. The van der Waals surface area contributed by atoms with Gasteiger partial charge in [-0.3, -0.25) is 0 Å². The second kappa shape index (κ2) is 4.72. The number of methoxy groups -OCH3 is 1. The van der Waals surface area contributed by atoms with E-state index < -0.39 is 12.1 Å². The summed E-state index contributed by atoms with van der Waals surface area (Å²) >= 11 is 4.31. The van der Waals surface area contributed by atoms with E-state index in [1.165, 1.54) is 7.11 Å². The molecular weight excluding hydrogens is 274 g/mol. The molecule has 78 valence electrons. The third-order valence-electron chi connectivity index (χ3n) is 1.53. The number of aromatic nitrogens is 1. The molecule has 1 rings (SSSR count). The predicted octanol–water partition coefficient (Wildman–Crippen LogP) is 0.902. The summed E-state index contributed by atoms with van der Waals surface area (Å²) in [6.45, 7) is 0. The van der Waals surface area contributed by atoms with Crippen LogP contribution < -0.4 is 4.74 Å². The average Bonchev–Trinajstić information content (AvgIpc) is 2.47. The lowest BCUT2D eigenvalue weighted by atomic mass is 10.2. The molecule has 1 unspecified atom stereocenters. The van der Waals surface area contributed by atoms with Crippen LogP contribution in [0.5, 0.6) is 5.88 Å². The maximum absolute atomic E-state index is 10.4. The molecule has 5 nitrogen and oxygen atoms in total. The molecule has 0 aliphatic carbocycles. The van der Waals surface area contributed by atoms with Gasteiger partial charge < -0.3 is 14.9 Å². The normalized spacial score (nSPS) is 12.5. The van der Waals surface area contributed by atoms with E-state index in [1.807, 2.05) is 0 Å². The van der Waals surface area contributed by atoms with Crippen LogP contribution in [0.4, 0.5) is 0 Å². The van der Waals surface area contributed by atoms with Crippen LogP contribution >= 0.6 is 27.5 Å². The predicted molar refractivity (Wildman–Crippen MR) is 53.7 cm³/mol. The molecule has 1 heterocycles. The molecule has 1 aromatic heterocycles. The molecule has 1 atom stereocenters. The van der Waals surface area contributed by atoms with Gasteiger partial charge in [0.25, 0.3) is 0 Å². The quantitative estimate of drug-likeness (QED) is 0.857. The summed E-state index contributed by atoms with van der Waals surface area (Å²) in [5, 5.41) is 17.6. The van der Waals surface area contributed by atoms with Crippen molar-refractivity contribution in [3.8, 4) is 5.88 Å². The molecule has 0 fully saturated rings. The standard InChI is InChI=1S/C7H8BrNO4S/c1-13-6-5(8)4(14-9-6)2-3(10)7(11)12/h3,10H,2H2,1H3,(H,11,12). The average molecular weight is 282 g/mol. The number of hydrogen-bond donors (Lipinski definition) is 2. The van der Waals surface area contributed by atoms with Crippen molar-refractivity contribution in [1.29, 1.82) is 0 Å². The zero-order valence-electron chi connectivity index (χ0n) is 7.23. The van der Waals surface area contributed by atoms with Gasteiger partial charge in [-0.05, 0) is 27.5 Å². The van der Waals surface area contributed by atoms with E-state index in [4.69, 9.17) is 14.9 Å². The fraction of sp³-hybridized carbons (Fsp3) is 0.429. The fourth-order valence-corrected chi connectivity index (χ4v) is 2.32. The van der Waals surface area contributed by atoms with Gasteiger partial charge in [-0.2, -0.15) is 4.37 Å². The van der Waals surface area contributed by atoms with Crippen LogP contribution in [0.25, 0.3) is 0 Å². The summed E-state index contributed by atoms with van der Waals surface area (Å²) in [7, 11) is 1.47. The lowest BCUT2D eigenvalue weighted by Gasteiger charge is -2.02. The van der Waals surface area contributed by atoms with E-state index in [9.17, 15) is 4.79 Å². The van der Waals surface area contributed by atoms with Gasteiger partial charge in [0.05, 0.1) is 11.6 Å². The number of carbonyl (C=O) groups is 1.